The summed E-state index contributed by atoms with van der Waals surface area (Å²) in [6.07, 6.45) is 4.73. The topological polar surface area (TPSA) is 66.4 Å². The van der Waals surface area contributed by atoms with Gasteiger partial charge in [0.1, 0.15) is 0 Å². The van der Waals surface area contributed by atoms with Crippen molar-refractivity contribution in [3.63, 3.8) is 0 Å². The minimum Gasteiger partial charge on any atom is -0.474 e. The normalized spacial score (nSPS) is 26.9. The SMILES string of the molecule is CC1CCCCC1CNC(=O)C(=O)O. The Morgan fingerprint density at radius 2 is 2.00 bits per heavy atom. The molecular formula is C10H17NO3. The second-order valence-electron chi connectivity index (χ2n) is 4.04. The zero-order valence-electron chi connectivity index (χ0n) is 8.45. The van der Waals surface area contributed by atoms with Crippen LogP contribution in [0.2, 0.25) is 0 Å². The molecular weight excluding hydrogens is 182 g/mol. The van der Waals surface area contributed by atoms with Crippen LogP contribution in [0.1, 0.15) is 32.6 Å². The molecule has 0 aromatic heterocycles. The van der Waals surface area contributed by atoms with Gasteiger partial charge in [-0.1, -0.05) is 26.2 Å². The van der Waals surface area contributed by atoms with E-state index in [0.717, 1.165) is 6.42 Å². The fraction of sp³-hybridized carbons (Fsp3) is 0.800. The third kappa shape index (κ3) is 3.01. The van der Waals surface area contributed by atoms with Gasteiger partial charge in [0, 0.05) is 6.54 Å². The molecule has 0 saturated heterocycles. The predicted octanol–water partition coefficient (Wildman–Crippen LogP) is 1.01. The highest BCUT2D eigenvalue weighted by molar-refractivity contribution is 6.31. The van der Waals surface area contributed by atoms with Crippen molar-refractivity contribution in [2.24, 2.45) is 11.8 Å². The van der Waals surface area contributed by atoms with Gasteiger partial charge in [-0.15, -0.1) is 0 Å². The summed E-state index contributed by atoms with van der Waals surface area (Å²) in [5.74, 6) is -1.24. The molecule has 1 aliphatic rings. The molecule has 0 aromatic rings. The first kappa shape index (κ1) is 11.0. The lowest BCUT2D eigenvalue weighted by molar-refractivity contribution is -0.150. The van der Waals surface area contributed by atoms with Gasteiger partial charge in [0.25, 0.3) is 0 Å². The average molecular weight is 199 g/mol. The number of carboxylic acids is 1. The fourth-order valence-electron chi connectivity index (χ4n) is 2.00. The molecule has 0 spiro atoms. The van der Waals surface area contributed by atoms with Crippen LogP contribution in [0.4, 0.5) is 0 Å². The molecule has 2 N–H and O–H groups in total. The molecule has 1 aliphatic carbocycles. The standard InChI is InChI=1S/C10H17NO3/c1-7-4-2-3-5-8(7)6-11-9(12)10(13)14/h7-8H,2-6H2,1H3,(H,11,12)(H,13,14). The summed E-state index contributed by atoms with van der Waals surface area (Å²) in [5, 5.41) is 10.8. The first-order valence-corrected chi connectivity index (χ1v) is 5.12. The van der Waals surface area contributed by atoms with Crippen molar-refractivity contribution in [1.29, 1.82) is 0 Å². The number of carbonyl (C=O) groups is 2. The molecule has 0 radical (unpaired) electrons. The first-order chi connectivity index (χ1) is 6.61. The maximum absolute atomic E-state index is 10.8. The zero-order chi connectivity index (χ0) is 10.6. The maximum atomic E-state index is 10.8. The summed E-state index contributed by atoms with van der Waals surface area (Å²) in [5.41, 5.74) is 0. The number of hydrogen-bond donors (Lipinski definition) is 2. The smallest absolute Gasteiger partial charge is 0.394 e. The van der Waals surface area contributed by atoms with Gasteiger partial charge in [0.15, 0.2) is 0 Å². The van der Waals surface area contributed by atoms with E-state index in [-0.39, 0.29) is 0 Å². The van der Waals surface area contributed by atoms with Crippen LogP contribution < -0.4 is 5.32 Å². The monoisotopic (exact) mass is 199 g/mol. The third-order valence-corrected chi connectivity index (χ3v) is 3.01. The molecule has 14 heavy (non-hydrogen) atoms. The number of nitrogens with one attached hydrogen (secondary N) is 1. The minimum absolute atomic E-state index is 0.451. The van der Waals surface area contributed by atoms with Crippen molar-refractivity contribution < 1.29 is 14.7 Å². The van der Waals surface area contributed by atoms with Gasteiger partial charge in [-0.25, -0.2) is 4.79 Å². The Labute approximate surface area is 83.7 Å². The molecule has 2 unspecified atom stereocenters. The Bertz CT molecular complexity index is 227. The second-order valence-corrected chi connectivity index (χ2v) is 4.04. The van der Waals surface area contributed by atoms with E-state index < -0.39 is 11.9 Å². The number of hydrogen-bond acceptors (Lipinski definition) is 2. The van der Waals surface area contributed by atoms with Crippen LogP contribution in [-0.2, 0) is 9.59 Å². The molecule has 80 valence electrons. The number of rotatable bonds is 2. The lowest BCUT2D eigenvalue weighted by Gasteiger charge is -2.28. The maximum Gasteiger partial charge on any atom is 0.394 e. The van der Waals surface area contributed by atoms with Crippen molar-refractivity contribution in [2.45, 2.75) is 32.6 Å². The Morgan fingerprint density at radius 3 is 2.57 bits per heavy atom. The molecule has 1 rings (SSSR count). The Morgan fingerprint density at radius 1 is 1.36 bits per heavy atom. The van der Waals surface area contributed by atoms with Gasteiger partial charge in [0.2, 0.25) is 0 Å². The molecule has 0 aromatic carbocycles. The minimum atomic E-state index is -1.39. The highest BCUT2D eigenvalue weighted by Crippen LogP contribution is 2.28. The molecule has 0 heterocycles. The lowest BCUT2D eigenvalue weighted by Crippen LogP contribution is -2.37. The summed E-state index contributed by atoms with van der Waals surface area (Å²) in [7, 11) is 0. The van der Waals surface area contributed by atoms with Crippen LogP contribution in [0.5, 0.6) is 0 Å². The molecule has 2 atom stereocenters. The summed E-state index contributed by atoms with van der Waals surface area (Å²) in [6, 6.07) is 0. The molecule has 4 nitrogen and oxygen atoms in total. The molecule has 0 aliphatic heterocycles. The van der Waals surface area contributed by atoms with Crippen LogP contribution in [-0.4, -0.2) is 23.5 Å². The first-order valence-electron chi connectivity index (χ1n) is 5.12. The Balaban J connectivity index is 2.29. The zero-order valence-corrected chi connectivity index (χ0v) is 8.45. The van der Waals surface area contributed by atoms with Crippen LogP contribution in [0.25, 0.3) is 0 Å². The largest absolute Gasteiger partial charge is 0.474 e. The van der Waals surface area contributed by atoms with E-state index in [9.17, 15) is 9.59 Å². The van der Waals surface area contributed by atoms with Gasteiger partial charge in [0.05, 0.1) is 0 Å². The van der Waals surface area contributed by atoms with Crippen molar-refractivity contribution in [2.75, 3.05) is 6.54 Å². The average Bonchev–Trinajstić information content (AvgIpc) is 2.16. The van der Waals surface area contributed by atoms with Gasteiger partial charge in [-0.05, 0) is 18.3 Å². The fourth-order valence-corrected chi connectivity index (χ4v) is 2.00. The van der Waals surface area contributed by atoms with Crippen molar-refractivity contribution in [3.8, 4) is 0 Å². The van der Waals surface area contributed by atoms with Gasteiger partial charge in [-0.3, -0.25) is 4.79 Å². The van der Waals surface area contributed by atoms with Crippen LogP contribution >= 0.6 is 0 Å². The van der Waals surface area contributed by atoms with Crippen molar-refractivity contribution >= 4 is 11.9 Å². The summed E-state index contributed by atoms with van der Waals surface area (Å²) < 4.78 is 0. The van der Waals surface area contributed by atoms with E-state index >= 15 is 0 Å². The third-order valence-electron chi connectivity index (χ3n) is 3.01. The number of aliphatic carboxylic acids is 1. The van der Waals surface area contributed by atoms with E-state index in [1.165, 1.54) is 19.3 Å². The highest BCUT2D eigenvalue weighted by Gasteiger charge is 2.22. The summed E-state index contributed by atoms with van der Waals surface area (Å²) >= 11 is 0. The summed E-state index contributed by atoms with van der Waals surface area (Å²) in [4.78, 5) is 21.0. The van der Waals surface area contributed by atoms with Crippen LogP contribution in [0.15, 0.2) is 0 Å². The van der Waals surface area contributed by atoms with Crippen molar-refractivity contribution in [1.82, 2.24) is 5.32 Å². The van der Waals surface area contributed by atoms with E-state index in [4.69, 9.17) is 5.11 Å². The van der Waals surface area contributed by atoms with Crippen molar-refractivity contribution in [3.05, 3.63) is 0 Å². The summed E-state index contributed by atoms with van der Waals surface area (Å²) in [6.45, 7) is 2.67. The molecule has 1 fully saturated rings. The molecule has 1 saturated carbocycles. The van der Waals surface area contributed by atoms with E-state index in [1.807, 2.05) is 0 Å². The predicted molar refractivity (Wildman–Crippen MR) is 51.8 cm³/mol. The van der Waals surface area contributed by atoms with Gasteiger partial charge in [-0.2, -0.15) is 0 Å². The molecule has 4 heteroatoms. The quantitative estimate of drug-likeness (QED) is 0.652. The van der Waals surface area contributed by atoms with E-state index in [1.54, 1.807) is 0 Å². The van der Waals surface area contributed by atoms with Gasteiger partial charge >= 0.3 is 11.9 Å². The Hall–Kier alpha value is -1.06. The number of carboxylic acid groups (broad SMARTS) is 1. The number of carbonyl (C=O) groups excluding carboxylic acids is 1. The Kier molecular flexibility index (Phi) is 3.92. The highest BCUT2D eigenvalue weighted by atomic mass is 16.4. The molecule has 0 bridgehead atoms. The lowest BCUT2D eigenvalue weighted by atomic mass is 9.80. The van der Waals surface area contributed by atoms with E-state index in [2.05, 4.69) is 12.2 Å². The van der Waals surface area contributed by atoms with E-state index in [0.29, 0.717) is 18.4 Å². The molecule has 1 amide bonds. The second kappa shape index (κ2) is 4.98. The van der Waals surface area contributed by atoms with Crippen LogP contribution in [0.3, 0.4) is 0 Å². The number of amides is 1. The van der Waals surface area contributed by atoms with Gasteiger partial charge < -0.3 is 10.4 Å². The van der Waals surface area contributed by atoms with Crippen LogP contribution in [0, 0.1) is 11.8 Å².